The Bertz CT molecular complexity index is 586. The fourth-order valence-electron chi connectivity index (χ4n) is 1.68. The quantitative estimate of drug-likeness (QED) is 0.883. The van der Waals surface area contributed by atoms with E-state index < -0.39 is 23.5 Å². The Morgan fingerprint density at radius 3 is 2.39 bits per heavy atom. The zero-order chi connectivity index (χ0) is 13.3. The second kappa shape index (κ2) is 5.00. The van der Waals surface area contributed by atoms with Crippen molar-refractivity contribution < 1.29 is 13.2 Å². The molecule has 0 spiro atoms. The van der Waals surface area contributed by atoms with E-state index in [-0.39, 0.29) is 10.6 Å². The van der Waals surface area contributed by atoms with Gasteiger partial charge in [-0.2, -0.15) is 0 Å². The van der Waals surface area contributed by atoms with Crippen LogP contribution in [0.3, 0.4) is 0 Å². The molecule has 0 saturated heterocycles. The van der Waals surface area contributed by atoms with Crippen molar-refractivity contribution in [1.82, 2.24) is 0 Å². The monoisotopic (exact) mass is 271 g/mol. The first-order chi connectivity index (χ1) is 8.50. The van der Waals surface area contributed by atoms with Crippen molar-refractivity contribution >= 4 is 11.6 Å². The summed E-state index contributed by atoms with van der Waals surface area (Å²) in [6.45, 7) is 0. The molecule has 18 heavy (non-hydrogen) atoms. The van der Waals surface area contributed by atoms with Crippen molar-refractivity contribution in [3.8, 4) is 0 Å². The molecular weight excluding hydrogens is 263 g/mol. The van der Waals surface area contributed by atoms with E-state index in [1.807, 2.05) is 0 Å². The molecule has 1 unspecified atom stereocenters. The molecule has 94 valence electrons. The van der Waals surface area contributed by atoms with Gasteiger partial charge >= 0.3 is 0 Å². The van der Waals surface area contributed by atoms with Gasteiger partial charge in [-0.1, -0.05) is 29.8 Å². The summed E-state index contributed by atoms with van der Waals surface area (Å²) in [5.41, 5.74) is 6.13. The second-order valence-electron chi connectivity index (χ2n) is 3.79. The number of halogens is 4. The fourth-order valence-corrected chi connectivity index (χ4v) is 1.97. The number of hydrogen-bond donors (Lipinski definition) is 1. The van der Waals surface area contributed by atoms with Crippen LogP contribution in [0, 0.1) is 17.5 Å². The van der Waals surface area contributed by atoms with Crippen molar-refractivity contribution in [2.24, 2.45) is 5.73 Å². The Hall–Kier alpha value is -1.52. The molecule has 0 heterocycles. The molecule has 2 aromatic carbocycles. The molecule has 5 heteroatoms. The maximum absolute atomic E-state index is 13.6. The summed E-state index contributed by atoms with van der Waals surface area (Å²) in [5.74, 6) is -2.53. The number of rotatable bonds is 2. The van der Waals surface area contributed by atoms with Gasteiger partial charge in [0, 0.05) is 10.6 Å². The van der Waals surface area contributed by atoms with Crippen molar-refractivity contribution in [2.75, 3.05) is 0 Å². The van der Waals surface area contributed by atoms with Crippen molar-refractivity contribution in [3.63, 3.8) is 0 Å². The maximum atomic E-state index is 13.6. The predicted molar refractivity (Wildman–Crippen MR) is 63.8 cm³/mol. The molecule has 0 saturated carbocycles. The van der Waals surface area contributed by atoms with Gasteiger partial charge in [0.2, 0.25) is 0 Å². The van der Waals surface area contributed by atoms with Crippen LogP contribution in [0.5, 0.6) is 0 Å². The van der Waals surface area contributed by atoms with Gasteiger partial charge in [-0.05, 0) is 23.8 Å². The van der Waals surface area contributed by atoms with E-state index in [2.05, 4.69) is 0 Å². The average Bonchev–Trinajstić information content (AvgIpc) is 2.32. The molecule has 1 nitrogen and oxygen atoms in total. The van der Waals surface area contributed by atoms with Crippen LogP contribution in [0.1, 0.15) is 17.2 Å². The molecule has 0 aliphatic rings. The van der Waals surface area contributed by atoms with Crippen LogP contribution in [0.15, 0.2) is 36.4 Å². The van der Waals surface area contributed by atoms with E-state index >= 15 is 0 Å². The van der Waals surface area contributed by atoms with E-state index in [9.17, 15) is 13.2 Å². The van der Waals surface area contributed by atoms with Gasteiger partial charge in [-0.25, -0.2) is 13.2 Å². The zero-order valence-electron chi connectivity index (χ0n) is 9.13. The molecule has 0 amide bonds. The molecule has 0 aromatic heterocycles. The second-order valence-corrected chi connectivity index (χ2v) is 4.19. The van der Waals surface area contributed by atoms with Gasteiger partial charge in [-0.3, -0.25) is 0 Å². The fraction of sp³-hybridized carbons (Fsp3) is 0.0769. The zero-order valence-corrected chi connectivity index (χ0v) is 9.89. The van der Waals surface area contributed by atoms with Gasteiger partial charge in [-0.15, -0.1) is 0 Å². The summed E-state index contributed by atoms with van der Waals surface area (Å²) in [6.07, 6.45) is 0. The molecule has 1 atom stereocenters. The first-order valence-electron chi connectivity index (χ1n) is 5.15. The molecule has 0 aliphatic carbocycles. The highest BCUT2D eigenvalue weighted by molar-refractivity contribution is 6.31. The third kappa shape index (κ3) is 2.35. The molecule has 0 bridgehead atoms. The van der Waals surface area contributed by atoms with Crippen LogP contribution in [0.2, 0.25) is 5.02 Å². The summed E-state index contributed by atoms with van der Waals surface area (Å²) in [5, 5.41) is 0.0751. The van der Waals surface area contributed by atoms with E-state index in [1.165, 1.54) is 18.2 Å². The van der Waals surface area contributed by atoms with Gasteiger partial charge in [0.25, 0.3) is 0 Å². The molecule has 0 fully saturated rings. The predicted octanol–water partition coefficient (Wildman–Crippen LogP) is 3.81. The van der Waals surface area contributed by atoms with E-state index in [0.29, 0.717) is 5.56 Å². The lowest BCUT2D eigenvalue weighted by Gasteiger charge is -2.15. The Balaban J connectivity index is 2.48. The van der Waals surface area contributed by atoms with Gasteiger partial charge < -0.3 is 5.73 Å². The molecule has 0 radical (unpaired) electrons. The molecule has 2 aromatic rings. The minimum atomic E-state index is -1.02. The van der Waals surface area contributed by atoms with Crippen LogP contribution in [0.4, 0.5) is 13.2 Å². The van der Waals surface area contributed by atoms with Crippen molar-refractivity contribution in [2.45, 2.75) is 6.04 Å². The highest BCUT2D eigenvalue weighted by atomic mass is 35.5. The van der Waals surface area contributed by atoms with Gasteiger partial charge in [0.05, 0.1) is 6.04 Å². The van der Waals surface area contributed by atoms with Crippen LogP contribution < -0.4 is 5.73 Å². The third-order valence-corrected chi connectivity index (χ3v) is 2.94. The normalized spacial score (nSPS) is 12.5. The van der Waals surface area contributed by atoms with E-state index in [0.717, 1.165) is 18.2 Å². The molecular formula is C13H9ClF3N. The molecule has 2 N–H and O–H groups in total. The first kappa shape index (κ1) is 12.9. The van der Waals surface area contributed by atoms with Crippen molar-refractivity contribution in [3.05, 3.63) is 70.0 Å². The number of benzene rings is 2. The smallest absolute Gasteiger partial charge is 0.163 e. The Morgan fingerprint density at radius 2 is 1.72 bits per heavy atom. The minimum absolute atomic E-state index is 0.0245. The molecule has 0 aliphatic heterocycles. The Kier molecular flexibility index (Phi) is 3.59. The summed E-state index contributed by atoms with van der Waals surface area (Å²) in [7, 11) is 0. The summed E-state index contributed by atoms with van der Waals surface area (Å²) in [4.78, 5) is 0. The van der Waals surface area contributed by atoms with Crippen LogP contribution >= 0.6 is 11.6 Å². The standard InChI is InChI=1S/C13H9ClF3N/c14-10-6-7(15)4-5-8(10)13(18)9-2-1-3-11(16)12(9)17/h1-6,13H,18H2. The number of nitrogens with two attached hydrogens (primary N) is 1. The Labute approximate surface area is 107 Å². The lowest BCUT2D eigenvalue weighted by Crippen LogP contribution is -2.15. The number of hydrogen-bond acceptors (Lipinski definition) is 1. The lowest BCUT2D eigenvalue weighted by molar-refractivity contribution is 0.494. The Morgan fingerprint density at radius 1 is 1.00 bits per heavy atom. The summed E-state index contributed by atoms with van der Waals surface area (Å²) < 4.78 is 39.6. The topological polar surface area (TPSA) is 26.0 Å². The van der Waals surface area contributed by atoms with E-state index in [1.54, 1.807) is 0 Å². The van der Waals surface area contributed by atoms with Crippen molar-refractivity contribution in [1.29, 1.82) is 0 Å². The first-order valence-corrected chi connectivity index (χ1v) is 5.53. The third-order valence-electron chi connectivity index (χ3n) is 2.61. The van der Waals surface area contributed by atoms with Crippen LogP contribution in [-0.2, 0) is 0 Å². The van der Waals surface area contributed by atoms with E-state index in [4.69, 9.17) is 17.3 Å². The minimum Gasteiger partial charge on any atom is -0.320 e. The van der Waals surface area contributed by atoms with Crippen LogP contribution in [-0.4, -0.2) is 0 Å². The van der Waals surface area contributed by atoms with Gasteiger partial charge in [0.15, 0.2) is 11.6 Å². The summed E-state index contributed by atoms with van der Waals surface area (Å²) >= 11 is 5.83. The average molecular weight is 272 g/mol. The maximum Gasteiger partial charge on any atom is 0.163 e. The largest absolute Gasteiger partial charge is 0.320 e. The summed E-state index contributed by atoms with van der Waals surface area (Å²) in [6, 6.07) is 6.36. The molecule has 2 rings (SSSR count). The highest BCUT2D eigenvalue weighted by Gasteiger charge is 2.18. The SMILES string of the molecule is NC(c1ccc(F)cc1Cl)c1cccc(F)c1F. The highest BCUT2D eigenvalue weighted by Crippen LogP contribution is 2.29. The van der Waals surface area contributed by atoms with Gasteiger partial charge in [0.1, 0.15) is 5.82 Å². The van der Waals surface area contributed by atoms with Crippen LogP contribution in [0.25, 0.3) is 0 Å². The lowest BCUT2D eigenvalue weighted by atomic mass is 9.99.